The van der Waals surface area contributed by atoms with E-state index in [9.17, 15) is 15.0 Å². The number of nitrogens with one attached hydrogen (secondary N) is 1. The van der Waals surface area contributed by atoms with Crippen molar-refractivity contribution in [2.75, 3.05) is 6.61 Å². The second-order valence-electron chi connectivity index (χ2n) is 9.76. The van der Waals surface area contributed by atoms with Crippen molar-refractivity contribution < 1.29 is 15.0 Å². The van der Waals surface area contributed by atoms with Gasteiger partial charge in [0.25, 0.3) is 0 Å². The third-order valence-electron chi connectivity index (χ3n) is 6.10. The normalized spacial score (nSPS) is 14.5. The standard InChI is InChI=1S/C35H57NO3/c1-3-5-7-9-11-13-15-17-19-20-22-24-26-28-30-34(38)33(32-37)36-35(39)31-29-27-25-23-21-18-16-14-12-10-8-6-4-2/h6,8,12-15,18,20-22,25,27-28,30,33-34,37-38H,3-5,7,9-11,16-17,19,23-24,26,29,31-32H2,1-2H3,(H,36,39)/b8-6-,14-12-,15-13+,21-18-,22-20+,27-25-,30-28+. The summed E-state index contributed by atoms with van der Waals surface area (Å²) in [5, 5.41) is 22.6. The topological polar surface area (TPSA) is 69.6 Å². The molecule has 0 spiro atoms. The van der Waals surface area contributed by atoms with E-state index in [2.05, 4.69) is 86.0 Å². The van der Waals surface area contributed by atoms with E-state index in [4.69, 9.17) is 0 Å². The summed E-state index contributed by atoms with van der Waals surface area (Å²) in [6.45, 7) is 4.08. The lowest BCUT2D eigenvalue weighted by molar-refractivity contribution is -0.122. The molecule has 0 fully saturated rings. The molecule has 0 aromatic heterocycles. The lowest BCUT2D eigenvalue weighted by atomic mass is 10.1. The molecule has 0 saturated carbocycles. The first-order valence-corrected chi connectivity index (χ1v) is 15.3. The molecule has 0 radical (unpaired) electrons. The van der Waals surface area contributed by atoms with Crippen LogP contribution in [-0.2, 0) is 4.79 Å². The van der Waals surface area contributed by atoms with Crippen LogP contribution in [-0.4, -0.2) is 34.9 Å². The molecule has 0 aromatic rings. The summed E-state index contributed by atoms with van der Waals surface area (Å²) in [6, 6.07) is -0.685. The number of unbranched alkanes of at least 4 members (excludes halogenated alkanes) is 6. The quantitative estimate of drug-likeness (QED) is 0.0803. The number of carbonyl (C=O) groups is 1. The van der Waals surface area contributed by atoms with E-state index < -0.39 is 12.1 Å². The number of allylic oxidation sites excluding steroid dienone is 13. The first-order valence-electron chi connectivity index (χ1n) is 15.3. The van der Waals surface area contributed by atoms with Crippen molar-refractivity contribution in [3.63, 3.8) is 0 Å². The maximum atomic E-state index is 12.2. The van der Waals surface area contributed by atoms with E-state index in [1.165, 1.54) is 32.1 Å². The molecule has 0 rings (SSSR count). The summed E-state index contributed by atoms with van der Waals surface area (Å²) in [5.41, 5.74) is 0. The summed E-state index contributed by atoms with van der Waals surface area (Å²) in [7, 11) is 0. The second-order valence-corrected chi connectivity index (χ2v) is 9.76. The third kappa shape index (κ3) is 26.9. The number of amides is 1. The minimum Gasteiger partial charge on any atom is -0.394 e. The fourth-order valence-corrected chi connectivity index (χ4v) is 3.75. The van der Waals surface area contributed by atoms with Crippen LogP contribution in [0.2, 0.25) is 0 Å². The van der Waals surface area contributed by atoms with Gasteiger partial charge in [0, 0.05) is 6.42 Å². The Balaban J connectivity index is 3.94. The van der Waals surface area contributed by atoms with E-state index >= 15 is 0 Å². The highest BCUT2D eigenvalue weighted by atomic mass is 16.3. The zero-order chi connectivity index (χ0) is 28.7. The van der Waals surface area contributed by atoms with Gasteiger partial charge in [-0.3, -0.25) is 4.79 Å². The van der Waals surface area contributed by atoms with Crippen molar-refractivity contribution in [3.8, 4) is 0 Å². The molecule has 4 heteroatoms. The summed E-state index contributed by atoms with van der Waals surface area (Å²) >= 11 is 0. The summed E-state index contributed by atoms with van der Waals surface area (Å²) < 4.78 is 0. The van der Waals surface area contributed by atoms with Crippen LogP contribution in [0.4, 0.5) is 0 Å². The summed E-state index contributed by atoms with van der Waals surface area (Å²) in [4.78, 5) is 12.2. The zero-order valence-corrected chi connectivity index (χ0v) is 24.9. The highest BCUT2D eigenvalue weighted by Crippen LogP contribution is 2.05. The predicted molar refractivity (Wildman–Crippen MR) is 170 cm³/mol. The third-order valence-corrected chi connectivity index (χ3v) is 6.10. The molecule has 39 heavy (non-hydrogen) atoms. The molecule has 0 aromatic carbocycles. The van der Waals surface area contributed by atoms with Gasteiger partial charge in [0.1, 0.15) is 0 Å². The van der Waals surface area contributed by atoms with Crippen molar-refractivity contribution >= 4 is 5.91 Å². The number of aliphatic hydroxyl groups excluding tert-OH is 2. The van der Waals surface area contributed by atoms with Gasteiger partial charge in [0.2, 0.25) is 5.91 Å². The van der Waals surface area contributed by atoms with Crippen LogP contribution in [0.3, 0.4) is 0 Å². The van der Waals surface area contributed by atoms with Crippen LogP contribution in [0.15, 0.2) is 85.1 Å². The van der Waals surface area contributed by atoms with Gasteiger partial charge in [-0.2, -0.15) is 0 Å². The average molecular weight is 540 g/mol. The largest absolute Gasteiger partial charge is 0.394 e. The van der Waals surface area contributed by atoms with E-state index in [0.29, 0.717) is 12.8 Å². The van der Waals surface area contributed by atoms with Gasteiger partial charge in [-0.15, -0.1) is 0 Å². The lowest BCUT2D eigenvalue weighted by Gasteiger charge is -2.19. The van der Waals surface area contributed by atoms with Gasteiger partial charge < -0.3 is 15.5 Å². The fraction of sp³-hybridized carbons (Fsp3) is 0.571. The number of carbonyl (C=O) groups excluding carboxylic acids is 1. The van der Waals surface area contributed by atoms with E-state index in [-0.39, 0.29) is 12.5 Å². The molecule has 0 saturated heterocycles. The second kappa shape index (κ2) is 30.1. The highest BCUT2D eigenvalue weighted by molar-refractivity contribution is 5.76. The molecular formula is C35H57NO3. The van der Waals surface area contributed by atoms with Crippen LogP contribution in [0.1, 0.15) is 110 Å². The van der Waals surface area contributed by atoms with Crippen molar-refractivity contribution in [3.05, 3.63) is 85.1 Å². The van der Waals surface area contributed by atoms with Crippen LogP contribution >= 0.6 is 0 Å². The summed E-state index contributed by atoms with van der Waals surface area (Å²) in [6.07, 6.45) is 43.8. The molecule has 220 valence electrons. The lowest BCUT2D eigenvalue weighted by Crippen LogP contribution is -2.45. The van der Waals surface area contributed by atoms with Gasteiger partial charge in [-0.1, -0.05) is 118 Å². The molecular weight excluding hydrogens is 482 g/mol. The molecule has 2 atom stereocenters. The Morgan fingerprint density at radius 1 is 0.641 bits per heavy atom. The Bertz CT molecular complexity index is 758. The Morgan fingerprint density at radius 2 is 1.15 bits per heavy atom. The van der Waals surface area contributed by atoms with Crippen molar-refractivity contribution in [1.29, 1.82) is 0 Å². The Hall–Kier alpha value is -2.43. The highest BCUT2D eigenvalue weighted by Gasteiger charge is 2.17. The smallest absolute Gasteiger partial charge is 0.220 e. The molecule has 4 nitrogen and oxygen atoms in total. The van der Waals surface area contributed by atoms with E-state index in [1.807, 2.05) is 12.2 Å². The molecule has 1 amide bonds. The van der Waals surface area contributed by atoms with Crippen LogP contribution in [0.5, 0.6) is 0 Å². The summed E-state index contributed by atoms with van der Waals surface area (Å²) in [5.74, 6) is -0.165. The number of hydrogen-bond donors (Lipinski definition) is 3. The van der Waals surface area contributed by atoms with Gasteiger partial charge >= 0.3 is 0 Å². The van der Waals surface area contributed by atoms with Crippen molar-refractivity contribution in [1.82, 2.24) is 5.32 Å². The molecule has 0 aliphatic carbocycles. The molecule has 2 unspecified atom stereocenters. The maximum absolute atomic E-state index is 12.2. The Labute approximate surface area is 240 Å². The Kier molecular flexibility index (Phi) is 28.2. The van der Waals surface area contributed by atoms with Crippen molar-refractivity contribution in [2.24, 2.45) is 0 Å². The predicted octanol–water partition coefficient (Wildman–Crippen LogP) is 8.61. The number of hydrogen-bond acceptors (Lipinski definition) is 3. The molecule has 3 N–H and O–H groups in total. The minimum absolute atomic E-state index is 0.165. The fourth-order valence-electron chi connectivity index (χ4n) is 3.75. The molecule has 0 aliphatic rings. The van der Waals surface area contributed by atoms with Gasteiger partial charge in [-0.25, -0.2) is 0 Å². The SMILES string of the molecule is CC/C=C\C/C=C\C/C=C\C/C=C\CCC(=O)NC(CO)C(O)/C=C/CC/C=C/CC/C=C/CCCCCC. The van der Waals surface area contributed by atoms with Crippen LogP contribution in [0, 0.1) is 0 Å². The maximum Gasteiger partial charge on any atom is 0.220 e. The van der Waals surface area contributed by atoms with E-state index in [1.54, 1.807) is 6.08 Å². The first-order chi connectivity index (χ1) is 19.2. The average Bonchev–Trinajstić information content (AvgIpc) is 2.94. The van der Waals surface area contributed by atoms with Crippen LogP contribution in [0.25, 0.3) is 0 Å². The molecule has 0 bridgehead atoms. The van der Waals surface area contributed by atoms with Crippen molar-refractivity contribution in [2.45, 2.75) is 122 Å². The van der Waals surface area contributed by atoms with Gasteiger partial charge in [0.15, 0.2) is 0 Å². The minimum atomic E-state index is -0.900. The zero-order valence-electron chi connectivity index (χ0n) is 24.9. The molecule has 0 heterocycles. The van der Waals surface area contributed by atoms with Gasteiger partial charge in [0.05, 0.1) is 18.8 Å². The number of aliphatic hydroxyl groups is 2. The van der Waals surface area contributed by atoms with Gasteiger partial charge in [-0.05, 0) is 70.6 Å². The monoisotopic (exact) mass is 539 g/mol. The van der Waals surface area contributed by atoms with Crippen LogP contribution < -0.4 is 5.32 Å². The van der Waals surface area contributed by atoms with E-state index in [0.717, 1.165) is 51.4 Å². The first kappa shape index (κ1) is 36.6. The molecule has 0 aliphatic heterocycles. The number of rotatable bonds is 25. The Morgan fingerprint density at radius 3 is 1.72 bits per heavy atom.